The fraction of sp³-hybridized carbons (Fsp3) is 0.188. The normalized spacial score (nSPS) is 10.7. The second-order valence-electron chi connectivity index (χ2n) is 4.86. The summed E-state index contributed by atoms with van der Waals surface area (Å²) >= 11 is 0. The number of nitro groups is 1. The molecule has 22 heavy (non-hydrogen) atoms. The molecule has 0 radical (unpaired) electrons. The van der Waals surface area contributed by atoms with Crippen LogP contribution in [0.3, 0.4) is 0 Å². The Kier molecular flexibility index (Phi) is 4.73. The number of rotatable bonds is 5. The van der Waals surface area contributed by atoms with Crippen LogP contribution in [0.2, 0.25) is 0 Å². The number of benzene rings is 2. The highest BCUT2D eigenvalue weighted by Gasteiger charge is 2.10. The molecule has 0 saturated heterocycles. The highest BCUT2D eigenvalue weighted by atomic mass is 16.6. The molecule has 0 aliphatic rings. The van der Waals surface area contributed by atoms with Crippen LogP contribution < -0.4 is 9.64 Å². The predicted octanol–water partition coefficient (Wildman–Crippen LogP) is 3.42. The summed E-state index contributed by atoms with van der Waals surface area (Å²) in [5.41, 5.74) is 2.40. The Morgan fingerprint density at radius 3 is 2.41 bits per heavy atom. The van der Waals surface area contributed by atoms with E-state index < -0.39 is 4.92 Å². The van der Waals surface area contributed by atoms with Crippen molar-refractivity contribution in [3.63, 3.8) is 0 Å². The van der Waals surface area contributed by atoms with Gasteiger partial charge < -0.3 is 9.64 Å². The molecule has 2 aromatic carbocycles. The van der Waals surface area contributed by atoms with Crippen LogP contribution in [0.15, 0.2) is 47.5 Å². The first kappa shape index (κ1) is 15.5. The average Bonchev–Trinajstić information content (AvgIpc) is 2.52. The van der Waals surface area contributed by atoms with Crippen molar-refractivity contribution in [3.05, 3.63) is 58.1 Å². The van der Waals surface area contributed by atoms with Crippen molar-refractivity contribution in [1.29, 1.82) is 0 Å². The van der Waals surface area contributed by atoms with Crippen molar-refractivity contribution in [2.24, 2.45) is 4.99 Å². The molecule has 0 fully saturated rings. The second-order valence-corrected chi connectivity index (χ2v) is 4.86. The lowest BCUT2D eigenvalue weighted by Crippen LogP contribution is -2.08. The van der Waals surface area contributed by atoms with Crippen molar-refractivity contribution in [2.45, 2.75) is 0 Å². The molecule has 2 aromatic rings. The van der Waals surface area contributed by atoms with Gasteiger partial charge in [-0.05, 0) is 23.8 Å². The summed E-state index contributed by atoms with van der Waals surface area (Å²) in [7, 11) is 5.44. The molecule has 0 heterocycles. The minimum Gasteiger partial charge on any atom is -0.494 e. The van der Waals surface area contributed by atoms with E-state index in [-0.39, 0.29) is 5.69 Å². The molecule has 0 N–H and O–H groups in total. The van der Waals surface area contributed by atoms with E-state index in [4.69, 9.17) is 4.74 Å². The molecule has 114 valence electrons. The first-order valence-electron chi connectivity index (χ1n) is 6.65. The third-order valence-electron chi connectivity index (χ3n) is 3.14. The van der Waals surface area contributed by atoms with Crippen LogP contribution >= 0.6 is 0 Å². The van der Waals surface area contributed by atoms with Crippen molar-refractivity contribution < 1.29 is 9.66 Å². The van der Waals surface area contributed by atoms with Crippen LogP contribution in [0.25, 0.3) is 0 Å². The number of methoxy groups -OCH3 is 1. The van der Waals surface area contributed by atoms with Gasteiger partial charge in [0.1, 0.15) is 11.4 Å². The average molecular weight is 299 g/mol. The van der Waals surface area contributed by atoms with E-state index in [1.54, 1.807) is 12.3 Å². The Labute approximate surface area is 128 Å². The lowest BCUT2D eigenvalue weighted by molar-refractivity contribution is -0.384. The summed E-state index contributed by atoms with van der Waals surface area (Å²) < 4.78 is 5.18. The highest BCUT2D eigenvalue weighted by Crippen LogP contribution is 2.31. The molecule has 6 nitrogen and oxygen atoms in total. The summed E-state index contributed by atoms with van der Waals surface area (Å²) in [6.07, 6.45) is 1.65. The Balaban J connectivity index is 2.28. The van der Waals surface area contributed by atoms with E-state index in [2.05, 4.69) is 4.99 Å². The Bertz CT molecular complexity index is 694. The maximum Gasteiger partial charge on any atom is 0.271 e. The zero-order chi connectivity index (χ0) is 16.1. The molecule has 0 aromatic heterocycles. The van der Waals surface area contributed by atoms with Crippen LogP contribution in [0, 0.1) is 10.1 Å². The molecule has 0 atom stereocenters. The summed E-state index contributed by atoms with van der Waals surface area (Å²) in [4.78, 5) is 16.7. The summed E-state index contributed by atoms with van der Waals surface area (Å²) in [5, 5.41) is 10.8. The van der Waals surface area contributed by atoms with Gasteiger partial charge in [0.25, 0.3) is 5.69 Å². The molecule has 0 spiro atoms. The lowest BCUT2D eigenvalue weighted by Gasteiger charge is -2.11. The number of non-ortho nitro benzene ring substituents is 1. The number of nitro benzene ring substituents is 1. The van der Waals surface area contributed by atoms with Gasteiger partial charge in [0.2, 0.25) is 0 Å². The van der Waals surface area contributed by atoms with Crippen molar-refractivity contribution >= 4 is 23.3 Å². The van der Waals surface area contributed by atoms with Crippen LogP contribution in [0.1, 0.15) is 5.56 Å². The number of anilines is 1. The molecular formula is C16H17N3O3. The maximum atomic E-state index is 10.8. The van der Waals surface area contributed by atoms with Gasteiger partial charge in [-0.1, -0.05) is 12.1 Å². The van der Waals surface area contributed by atoms with E-state index in [1.807, 2.05) is 43.3 Å². The topological polar surface area (TPSA) is 68.0 Å². The van der Waals surface area contributed by atoms with E-state index in [9.17, 15) is 10.1 Å². The molecule has 0 aliphatic carbocycles. The van der Waals surface area contributed by atoms with Gasteiger partial charge in [-0.2, -0.15) is 0 Å². The molecule has 0 unspecified atom stereocenters. The zero-order valence-corrected chi connectivity index (χ0v) is 12.7. The largest absolute Gasteiger partial charge is 0.494 e. The van der Waals surface area contributed by atoms with Gasteiger partial charge in [0.15, 0.2) is 0 Å². The standard InChI is InChI=1S/C16H17N3O3/c1-18(2)13-6-4-12(5-7-13)11-17-15-10-14(19(20)21)8-9-16(15)22-3/h4-11H,1-3H3. The van der Waals surface area contributed by atoms with Crippen molar-refractivity contribution in [3.8, 4) is 5.75 Å². The third kappa shape index (κ3) is 3.60. The molecule has 0 amide bonds. The molecule has 0 saturated carbocycles. The van der Waals surface area contributed by atoms with Gasteiger partial charge in [-0.3, -0.25) is 15.1 Å². The number of ether oxygens (including phenoxy) is 1. The van der Waals surface area contributed by atoms with Crippen LogP contribution in [-0.2, 0) is 0 Å². The van der Waals surface area contributed by atoms with Crippen LogP contribution in [0.5, 0.6) is 5.75 Å². The molecule has 0 aliphatic heterocycles. The number of hydrogen-bond donors (Lipinski definition) is 0. The lowest BCUT2D eigenvalue weighted by atomic mass is 10.2. The predicted molar refractivity (Wildman–Crippen MR) is 87.7 cm³/mol. The molecule has 6 heteroatoms. The van der Waals surface area contributed by atoms with Gasteiger partial charge in [0, 0.05) is 38.1 Å². The third-order valence-corrected chi connectivity index (χ3v) is 3.14. The van der Waals surface area contributed by atoms with Gasteiger partial charge in [0.05, 0.1) is 12.0 Å². The monoisotopic (exact) mass is 299 g/mol. The Morgan fingerprint density at radius 2 is 1.86 bits per heavy atom. The van der Waals surface area contributed by atoms with E-state index in [0.717, 1.165) is 11.3 Å². The van der Waals surface area contributed by atoms with Crippen molar-refractivity contribution in [1.82, 2.24) is 0 Å². The maximum absolute atomic E-state index is 10.8. The number of nitrogens with zero attached hydrogens (tertiary/aromatic N) is 3. The van der Waals surface area contributed by atoms with E-state index in [1.165, 1.54) is 19.2 Å². The van der Waals surface area contributed by atoms with Crippen LogP contribution in [-0.4, -0.2) is 32.3 Å². The van der Waals surface area contributed by atoms with Gasteiger partial charge in [-0.25, -0.2) is 0 Å². The van der Waals surface area contributed by atoms with Crippen molar-refractivity contribution in [2.75, 3.05) is 26.1 Å². The quantitative estimate of drug-likeness (QED) is 0.482. The SMILES string of the molecule is COc1ccc([N+](=O)[O-])cc1N=Cc1ccc(N(C)C)cc1. The Hall–Kier alpha value is -2.89. The zero-order valence-electron chi connectivity index (χ0n) is 12.7. The second kappa shape index (κ2) is 6.71. The van der Waals surface area contributed by atoms with Gasteiger partial charge >= 0.3 is 0 Å². The summed E-state index contributed by atoms with van der Waals surface area (Å²) in [6.45, 7) is 0. The summed E-state index contributed by atoms with van der Waals surface area (Å²) in [5.74, 6) is 0.492. The first-order valence-corrected chi connectivity index (χ1v) is 6.65. The summed E-state index contributed by atoms with van der Waals surface area (Å²) in [6, 6.07) is 12.1. The molecule has 0 bridgehead atoms. The minimum absolute atomic E-state index is 0.0177. The number of aliphatic imine (C=N–C) groups is 1. The molecular weight excluding hydrogens is 282 g/mol. The first-order chi connectivity index (χ1) is 10.5. The Morgan fingerprint density at radius 1 is 1.18 bits per heavy atom. The van der Waals surface area contributed by atoms with E-state index >= 15 is 0 Å². The van der Waals surface area contributed by atoms with Gasteiger partial charge in [-0.15, -0.1) is 0 Å². The molecule has 2 rings (SSSR count). The minimum atomic E-state index is -0.454. The smallest absolute Gasteiger partial charge is 0.271 e. The van der Waals surface area contributed by atoms with Crippen LogP contribution in [0.4, 0.5) is 17.1 Å². The fourth-order valence-electron chi connectivity index (χ4n) is 1.90. The highest BCUT2D eigenvalue weighted by molar-refractivity contribution is 5.83. The number of hydrogen-bond acceptors (Lipinski definition) is 5. The van der Waals surface area contributed by atoms with E-state index in [0.29, 0.717) is 11.4 Å². The fourth-order valence-corrected chi connectivity index (χ4v) is 1.90.